The fraction of sp³-hybridized carbons (Fsp3) is 0.957. The largest absolute Gasteiger partial charge is 0.325 e. The van der Waals surface area contributed by atoms with E-state index in [1.54, 1.807) is 0 Å². The minimum absolute atomic E-state index is 0.0923. The highest BCUT2D eigenvalue weighted by Gasteiger charge is 2.64. The van der Waals surface area contributed by atoms with Crippen LogP contribution in [-0.2, 0) is 4.79 Å². The van der Waals surface area contributed by atoms with Crippen molar-refractivity contribution in [3.63, 3.8) is 0 Å². The molecule has 0 aliphatic heterocycles. The average Bonchev–Trinajstić information content (AvgIpc) is 2.92. The van der Waals surface area contributed by atoms with Crippen molar-refractivity contribution in [1.29, 1.82) is 0 Å². The Labute approximate surface area is 154 Å². The molecular weight excluding hydrogens is 306 g/mol. The van der Waals surface area contributed by atoms with Gasteiger partial charge >= 0.3 is 0 Å². The number of carbonyl (C=O) groups is 1. The molecule has 4 aliphatic carbocycles. The van der Waals surface area contributed by atoms with E-state index in [4.69, 9.17) is 5.73 Å². The number of rotatable bonds is 4. The summed E-state index contributed by atoms with van der Waals surface area (Å²) in [4.78, 5) is 10.7. The maximum absolute atomic E-state index is 10.7. The molecule has 0 spiro atoms. The summed E-state index contributed by atoms with van der Waals surface area (Å²) in [6.45, 7) is 5.18. The normalized spacial score (nSPS) is 52.1. The molecular formula is C23H39NO. The first-order valence-electron chi connectivity index (χ1n) is 11.2. The van der Waals surface area contributed by atoms with Crippen LogP contribution >= 0.6 is 0 Å². The zero-order chi connectivity index (χ0) is 17.7. The number of nitrogens with two attached hydrogens (primary N) is 1. The minimum atomic E-state index is 0.0923. The van der Waals surface area contributed by atoms with Gasteiger partial charge in [-0.3, -0.25) is 0 Å². The summed E-state index contributed by atoms with van der Waals surface area (Å²) in [5.41, 5.74) is 8.43. The van der Waals surface area contributed by atoms with E-state index in [1.165, 1.54) is 70.6 Å². The average molecular weight is 346 g/mol. The number of fused-ring (bicyclic) bond motifs is 5. The van der Waals surface area contributed by atoms with Crippen LogP contribution in [0, 0.1) is 34.5 Å². The van der Waals surface area contributed by atoms with E-state index in [1.807, 2.05) is 0 Å². The van der Waals surface area contributed by atoms with E-state index < -0.39 is 0 Å². The summed E-state index contributed by atoms with van der Waals surface area (Å²) in [6.07, 6.45) is 18.0. The summed E-state index contributed by atoms with van der Waals surface area (Å²) in [5, 5.41) is 0. The summed E-state index contributed by atoms with van der Waals surface area (Å²) in [7, 11) is 0. The smallest absolute Gasteiger partial charge is 0.119 e. The number of aldehydes is 1. The van der Waals surface area contributed by atoms with Gasteiger partial charge in [0.1, 0.15) is 6.29 Å². The molecule has 0 aromatic heterocycles. The maximum atomic E-state index is 10.7. The quantitative estimate of drug-likeness (QED) is 0.541. The second kappa shape index (κ2) is 6.36. The minimum Gasteiger partial charge on any atom is -0.325 e. The Bertz CT molecular complexity index is 518. The van der Waals surface area contributed by atoms with Crippen LogP contribution in [0.3, 0.4) is 0 Å². The number of hydrogen-bond acceptors (Lipinski definition) is 2. The van der Waals surface area contributed by atoms with Gasteiger partial charge in [0.2, 0.25) is 0 Å². The van der Waals surface area contributed by atoms with Gasteiger partial charge in [-0.15, -0.1) is 0 Å². The fourth-order valence-corrected chi connectivity index (χ4v) is 8.54. The van der Waals surface area contributed by atoms with Gasteiger partial charge in [0.25, 0.3) is 0 Å². The second-order valence-electron chi connectivity index (χ2n) is 10.6. The maximum Gasteiger partial charge on any atom is 0.119 e. The first-order valence-corrected chi connectivity index (χ1v) is 11.2. The lowest BCUT2D eigenvalue weighted by Gasteiger charge is -2.65. The molecule has 2 heteroatoms. The highest BCUT2D eigenvalue weighted by atomic mass is 16.1. The molecule has 0 radical (unpaired) electrons. The van der Waals surface area contributed by atoms with Crippen LogP contribution in [0.4, 0.5) is 0 Å². The van der Waals surface area contributed by atoms with E-state index in [9.17, 15) is 4.79 Å². The Morgan fingerprint density at radius 2 is 1.72 bits per heavy atom. The summed E-state index contributed by atoms with van der Waals surface area (Å²) in [5.74, 6) is 3.22. The predicted octanol–water partition coefficient (Wildman–Crippen LogP) is 5.49. The molecule has 4 saturated carbocycles. The van der Waals surface area contributed by atoms with Crippen LogP contribution in [0.5, 0.6) is 0 Å². The van der Waals surface area contributed by atoms with Crippen LogP contribution < -0.4 is 5.73 Å². The molecule has 2 nitrogen and oxygen atoms in total. The van der Waals surface area contributed by atoms with Crippen molar-refractivity contribution in [1.82, 2.24) is 0 Å². The lowest BCUT2D eigenvalue weighted by Crippen LogP contribution is -2.67. The molecule has 0 bridgehead atoms. The molecule has 142 valence electrons. The highest BCUT2D eigenvalue weighted by Crippen LogP contribution is 2.68. The van der Waals surface area contributed by atoms with Crippen molar-refractivity contribution in [3.8, 4) is 0 Å². The van der Waals surface area contributed by atoms with Crippen molar-refractivity contribution in [2.75, 3.05) is 0 Å². The lowest BCUT2D eigenvalue weighted by atomic mass is 9.42. The Morgan fingerprint density at radius 3 is 2.52 bits per heavy atom. The van der Waals surface area contributed by atoms with Gasteiger partial charge in [-0.05, 0) is 98.7 Å². The molecule has 0 saturated heterocycles. The number of carbonyl (C=O) groups excluding carboxylic acids is 1. The third kappa shape index (κ3) is 2.57. The lowest BCUT2D eigenvalue weighted by molar-refractivity contribution is -0.126. The van der Waals surface area contributed by atoms with E-state index in [2.05, 4.69) is 13.8 Å². The van der Waals surface area contributed by atoms with Crippen molar-refractivity contribution in [2.45, 2.75) is 103 Å². The standard InChI is InChI=1S/C23H39NO/c1-21-13-5-3-7-18(21)11-15-23(24)19-10-9-17(8-4-6-16-25)22(19,2)14-12-20(21)23/h16-20H,3-15,24H2,1-2H3/t17-,18?,19?,20?,21-,22+,23+/m0/s1. The van der Waals surface area contributed by atoms with E-state index >= 15 is 0 Å². The molecule has 7 atom stereocenters. The highest BCUT2D eigenvalue weighted by molar-refractivity contribution is 5.48. The molecule has 3 unspecified atom stereocenters. The summed E-state index contributed by atoms with van der Waals surface area (Å²) in [6, 6.07) is 0. The summed E-state index contributed by atoms with van der Waals surface area (Å²) >= 11 is 0. The van der Waals surface area contributed by atoms with Crippen LogP contribution in [0.15, 0.2) is 0 Å². The monoisotopic (exact) mass is 345 g/mol. The van der Waals surface area contributed by atoms with Gasteiger partial charge in [-0.2, -0.15) is 0 Å². The second-order valence-corrected chi connectivity index (χ2v) is 10.6. The van der Waals surface area contributed by atoms with E-state index in [0.29, 0.717) is 10.8 Å². The van der Waals surface area contributed by atoms with Gasteiger partial charge in [0.05, 0.1) is 0 Å². The molecule has 2 N–H and O–H groups in total. The molecule has 4 fully saturated rings. The van der Waals surface area contributed by atoms with Gasteiger partial charge in [-0.1, -0.05) is 26.7 Å². The molecule has 25 heavy (non-hydrogen) atoms. The van der Waals surface area contributed by atoms with Crippen LogP contribution in [-0.4, -0.2) is 11.8 Å². The zero-order valence-corrected chi connectivity index (χ0v) is 16.6. The van der Waals surface area contributed by atoms with Crippen LogP contribution in [0.2, 0.25) is 0 Å². The Hall–Kier alpha value is -0.370. The van der Waals surface area contributed by atoms with E-state index in [-0.39, 0.29) is 5.54 Å². The zero-order valence-electron chi connectivity index (χ0n) is 16.6. The first-order chi connectivity index (χ1) is 11.9. The van der Waals surface area contributed by atoms with E-state index in [0.717, 1.165) is 42.8 Å². The molecule has 0 aromatic rings. The third-order valence-corrected chi connectivity index (χ3v) is 9.85. The molecule has 0 amide bonds. The molecule has 4 rings (SSSR count). The Morgan fingerprint density at radius 1 is 0.920 bits per heavy atom. The topological polar surface area (TPSA) is 43.1 Å². The third-order valence-electron chi connectivity index (χ3n) is 9.85. The van der Waals surface area contributed by atoms with Gasteiger partial charge < -0.3 is 10.5 Å². The van der Waals surface area contributed by atoms with Gasteiger partial charge in [-0.25, -0.2) is 0 Å². The first kappa shape index (κ1) is 18.0. The van der Waals surface area contributed by atoms with Crippen molar-refractivity contribution < 1.29 is 4.79 Å². The molecule has 4 aliphatic rings. The summed E-state index contributed by atoms with van der Waals surface area (Å²) < 4.78 is 0. The van der Waals surface area contributed by atoms with Crippen LogP contribution in [0.1, 0.15) is 97.3 Å². The fourth-order valence-electron chi connectivity index (χ4n) is 8.54. The molecule has 0 heterocycles. The SMILES string of the molecule is C[C@]12CCCCC1CC[C@]1(N)C2CC[C@@]2(C)C1CC[C@@H]2CCCC=O. The van der Waals surface area contributed by atoms with Crippen molar-refractivity contribution in [3.05, 3.63) is 0 Å². The van der Waals surface area contributed by atoms with Crippen molar-refractivity contribution in [2.24, 2.45) is 40.2 Å². The van der Waals surface area contributed by atoms with Crippen LogP contribution in [0.25, 0.3) is 0 Å². The predicted molar refractivity (Wildman–Crippen MR) is 103 cm³/mol. The van der Waals surface area contributed by atoms with Crippen molar-refractivity contribution >= 4 is 6.29 Å². The van der Waals surface area contributed by atoms with Gasteiger partial charge in [0.15, 0.2) is 0 Å². The molecule has 0 aromatic carbocycles. The van der Waals surface area contributed by atoms with Gasteiger partial charge in [0, 0.05) is 12.0 Å². The Kier molecular flexibility index (Phi) is 4.58. The number of unbranched alkanes of at least 4 members (excludes halogenated alkanes) is 1. The number of hydrogen-bond donors (Lipinski definition) is 1. The Balaban J connectivity index is 1.58.